The maximum Gasteiger partial charge on any atom is 0.270 e. The van der Waals surface area contributed by atoms with Gasteiger partial charge in [-0.05, 0) is 0 Å². The van der Waals surface area contributed by atoms with Gasteiger partial charge in [-0.1, -0.05) is 12.1 Å². The molecule has 7 heteroatoms. The molecular weight excluding hydrogens is 212 g/mol. The van der Waals surface area contributed by atoms with Gasteiger partial charge in [-0.3, -0.25) is 15.2 Å². The first-order chi connectivity index (χ1) is 7.70. The number of non-ortho nitro benzene ring substituents is 1. The van der Waals surface area contributed by atoms with Crippen molar-refractivity contribution in [3.63, 3.8) is 0 Å². The number of nitrogens with one attached hydrogen (secondary N) is 1. The van der Waals surface area contributed by atoms with Crippen LogP contribution in [0.4, 0.5) is 5.69 Å². The van der Waals surface area contributed by atoms with Crippen LogP contribution in [0, 0.1) is 10.1 Å². The predicted octanol–water partition coefficient (Wildman–Crippen LogP) is 0.872. The zero-order valence-corrected chi connectivity index (χ0v) is 8.12. The van der Waals surface area contributed by atoms with E-state index in [1.165, 1.54) is 12.1 Å². The Bertz CT molecular complexity index is 523. The van der Waals surface area contributed by atoms with Gasteiger partial charge in [0, 0.05) is 17.7 Å². The van der Waals surface area contributed by atoms with Crippen molar-refractivity contribution in [3.05, 3.63) is 40.2 Å². The second-order valence-electron chi connectivity index (χ2n) is 3.07. The van der Waals surface area contributed by atoms with Crippen LogP contribution < -0.4 is 0 Å². The number of hydrogen-bond acceptors (Lipinski definition) is 5. The predicted molar refractivity (Wildman–Crippen MR) is 54.4 cm³/mol. The van der Waals surface area contributed by atoms with Gasteiger partial charge in [0.2, 0.25) is 0 Å². The quantitative estimate of drug-likeness (QED) is 0.589. The lowest BCUT2D eigenvalue weighted by Crippen LogP contribution is -1.89. The van der Waals surface area contributed by atoms with Crippen molar-refractivity contribution < 1.29 is 10.0 Å². The van der Waals surface area contributed by atoms with Crippen molar-refractivity contribution in [2.24, 2.45) is 0 Å². The molecule has 1 aromatic carbocycles. The van der Waals surface area contributed by atoms with Crippen molar-refractivity contribution in [3.8, 4) is 11.4 Å². The summed E-state index contributed by atoms with van der Waals surface area (Å²) in [6, 6.07) is 5.99. The number of aliphatic hydroxyl groups is 1. The molecule has 0 aliphatic carbocycles. The molecule has 82 valence electrons. The fourth-order valence-corrected chi connectivity index (χ4v) is 1.25. The summed E-state index contributed by atoms with van der Waals surface area (Å²) in [7, 11) is 0. The number of nitro benzene ring substituents is 1. The van der Waals surface area contributed by atoms with Crippen LogP contribution in [0.2, 0.25) is 0 Å². The van der Waals surface area contributed by atoms with Crippen molar-refractivity contribution >= 4 is 5.69 Å². The SMILES string of the molecule is O=[N+]([O-])c1cccc(-c2n[nH]c(CO)n2)c1. The third kappa shape index (κ3) is 1.89. The normalized spacial score (nSPS) is 10.3. The zero-order chi connectivity index (χ0) is 11.5. The summed E-state index contributed by atoms with van der Waals surface area (Å²) in [6.07, 6.45) is 0. The molecule has 0 saturated heterocycles. The molecule has 0 unspecified atom stereocenters. The Kier molecular flexibility index (Phi) is 2.61. The van der Waals surface area contributed by atoms with Gasteiger partial charge in [0.15, 0.2) is 11.6 Å². The first kappa shape index (κ1) is 10.2. The number of benzene rings is 1. The van der Waals surface area contributed by atoms with Gasteiger partial charge in [-0.25, -0.2) is 4.98 Å². The van der Waals surface area contributed by atoms with E-state index in [9.17, 15) is 10.1 Å². The summed E-state index contributed by atoms with van der Waals surface area (Å²) >= 11 is 0. The Morgan fingerprint density at radius 2 is 2.31 bits per heavy atom. The van der Waals surface area contributed by atoms with Crippen LogP contribution >= 0.6 is 0 Å². The maximum absolute atomic E-state index is 10.6. The van der Waals surface area contributed by atoms with E-state index in [1.54, 1.807) is 12.1 Å². The van der Waals surface area contributed by atoms with Crippen LogP contribution in [0.15, 0.2) is 24.3 Å². The number of H-pyrrole nitrogens is 1. The molecule has 0 fully saturated rings. The van der Waals surface area contributed by atoms with Gasteiger partial charge in [0.1, 0.15) is 6.61 Å². The summed E-state index contributed by atoms with van der Waals surface area (Å²) in [4.78, 5) is 14.0. The zero-order valence-electron chi connectivity index (χ0n) is 8.12. The Balaban J connectivity index is 2.40. The van der Waals surface area contributed by atoms with E-state index in [0.717, 1.165) is 0 Å². The fraction of sp³-hybridized carbons (Fsp3) is 0.111. The van der Waals surface area contributed by atoms with Gasteiger partial charge in [-0.15, -0.1) is 0 Å². The molecule has 7 nitrogen and oxygen atoms in total. The summed E-state index contributed by atoms with van der Waals surface area (Å²) in [5, 5.41) is 25.7. The van der Waals surface area contributed by atoms with E-state index in [1.807, 2.05) is 0 Å². The molecule has 2 aromatic rings. The fourth-order valence-electron chi connectivity index (χ4n) is 1.25. The molecule has 2 N–H and O–H groups in total. The van der Waals surface area contributed by atoms with E-state index < -0.39 is 4.92 Å². The molecule has 1 heterocycles. The van der Waals surface area contributed by atoms with Crippen molar-refractivity contribution in [2.45, 2.75) is 6.61 Å². The number of nitrogens with zero attached hydrogens (tertiary/aromatic N) is 3. The lowest BCUT2D eigenvalue weighted by Gasteiger charge is -1.94. The van der Waals surface area contributed by atoms with Crippen molar-refractivity contribution in [2.75, 3.05) is 0 Å². The van der Waals surface area contributed by atoms with Gasteiger partial charge in [0.05, 0.1) is 4.92 Å². The highest BCUT2D eigenvalue weighted by Crippen LogP contribution is 2.20. The standard InChI is InChI=1S/C9H8N4O3/c14-5-8-10-9(12-11-8)6-2-1-3-7(4-6)13(15)16/h1-4,14H,5H2,(H,10,11,12). The number of rotatable bonds is 3. The molecule has 16 heavy (non-hydrogen) atoms. The Hall–Kier alpha value is -2.28. The van der Waals surface area contributed by atoms with E-state index in [0.29, 0.717) is 17.2 Å². The molecule has 0 bridgehead atoms. The van der Waals surface area contributed by atoms with Gasteiger partial charge in [0.25, 0.3) is 5.69 Å². The second kappa shape index (κ2) is 4.07. The van der Waals surface area contributed by atoms with E-state index in [-0.39, 0.29) is 12.3 Å². The number of aromatic nitrogens is 3. The first-order valence-electron chi connectivity index (χ1n) is 4.47. The highest BCUT2D eigenvalue weighted by molar-refractivity contribution is 5.58. The maximum atomic E-state index is 10.6. The monoisotopic (exact) mass is 220 g/mol. The smallest absolute Gasteiger partial charge is 0.270 e. The molecule has 0 spiro atoms. The lowest BCUT2D eigenvalue weighted by molar-refractivity contribution is -0.384. The van der Waals surface area contributed by atoms with Crippen molar-refractivity contribution in [1.82, 2.24) is 15.2 Å². The highest BCUT2D eigenvalue weighted by Gasteiger charge is 2.10. The number of aliphatic hydroxyl groups excluding tert-OH is 1. The average Bonchev–Trinajstić information content (AvgIpc) is 2.77. The summed E-state index contributed by atoms with van der Waals surface area (Å²) in [6.45, 7) is -0.248. The molecular formula is C9H8N4O3. The van der Waals surface area contributed by atoms with Crippen LogP contribution in [0.3, 0.4) is 0 Å². The van der Waals surface area contributed by atoms with E-state index >= 15 is 0 Å². The Labute approximate surface area is 89.9 Å². The van der Waals surface area contributed by atoms with E-state index in [2.05, 4.69) is 15.2 Å². The van der Waals surface area contributed by atoms with Crippen LogP contribution in [-0.2, 0) is 6.61 Å². The Morgan fingerprint density at radius 3 is 2.94 bits per heavy atom. The van der Waals surface area contributed by atoms with Gasteiger partial charge >= 0.3 is 0 Å². The molecule has 1 aromatic heterocycles. The summed E-state index contributed by atoms with van der Waals surface area (Å²) < 4.78 is 0. The molecule has 0 amide bonds. The molecule has 0 saturated carbocycles. The minimum Gasteiger partial charge on any atom is -0.388 e. The largest absolute Gasteiger partial charge is 0.388 e. The van der Waals surface area contributed by atoms with E-state index in [4.69, 9.17) is 5.11 Å². The van der Waals surface area contributed by atoms with Crippen LogP contribution in [0.5, 0.6) is 0 Å². The molecule has 0 aliphatic rings. The third-order valence-corrected chi connectivity index (χ3v) is 2.00. The number of hydrogen-bond donors (Lipinski definition) is 2. The third-order valence-electron chi connectivity index (χ3n) is 2.00. The summed E-state index contributed by atoms with van der Waals surface area (Å²) in [5.74, 6) is 0.647. The lowest BCUT2D eigenvalue weighted by atomic mass is 10.2. The summed E-state index contributed by atoms with van der Waals surface area (Å²) in [5.41, 5.74) is 0.512. The van der Waals surface area contributed by atoms with Crippen molar-refractivity contribution in [1.29, 1.82) is 0 Å². The number of aromatic amines is 1. The molecule has 0 radical (unpaired) electrons. The average molecular weight is 220 g/mol. The van der Waals surface area contributed by atoms with Crippen LogP contribution in [0.25, 0.3) is 11.4 Å². The highest BCUT2D eigenvalue weighted by atomic mass is 16.6. The second-order valence-corrected chi connectivity index (χ2v) is 3.07. The van der Waals surface area contributed by atoms with Crippen LogP contribution in [0.1, 0.15) is 5.82 Å². The molecule has 0 aliphatic heterocycles. The first-order valence-corrected chi connectivity index (χ1v) is 4.47. The van der Waals surface area contributed by atoms with Gasteiger partial charge in [-0.2, -0.15) is 5.10 Å². The topological polar surface area (TPSA) is 105 Å². The minimum atomic E-state index is -0.483. The molecule has 0 atom stereocenters. The number of nitro groups is 1. The van der Waals surface area contributed by atoms with Crippen LogP contribution in [-0.4, -0.2) is 25.2 Å². The Morgan fingerprint density at radius 1 is 1.50 bits per heavy atom. The van der Waals surface area contributed by atoms with Gasteiger partial charge < -0.3 is 5.11 Å². The molecule has 2 rings (SSSR count). The minimum absolute atomic E-state index is 0.0205.